The van der Waals surface area contributed by atoms with Crippen LogP contribution in [0.5, 0.6) is 5.75 Å². The molecule has 1 aromatic rings. The van der Waals surface area contributed by atoms with E-state index in [0.29, 0.717) is 0 Å². The van der Waals surface area contributed by atoms with Crippen molar-refractivity contribution in [3.63, 3.8) is 0 Å². The molecule has 1 saturated carbocycles. The van der Waals surface area contributed by atoms with Crippen LogP contribution in [-0.2, 0) is 9.59 Å². The molecule has 1 atom stereocenters. The number of nitrogens with one attached hydrogen (secondary N) is 1. The summed E-state index contributed by atoms with van der Waals surface area (Å²) in [5, 5.41) is 11.2. The van der Waals surface area contributed by atoms with Crippen LogP contribution >= 0.6 is 0 Å². The molecule has 1 amide bonds. The van der Waals surface area contributed by atoms with E-state index >= 15 is 0 Å². The van der Waals surface area contributed by atoms with Crippen LogP contribution in [0.4, 0.5) is 0 Å². The largest absolute Gasteiger partial charge is 0.490 e. The van der Waals surface area contributed by atoms with Crippen molar-refractivity contribution in [3.8, 4) is 11.8 Å². The van der Waals surface area contributed by atoms with E-state index < -0.39 is 17.6 Å². The lowest BCUT2D eigenvalue weighted by atomic mass is 10.0. The molecule has 0 bridgehead atoms. The van der Waals surface area contributed by atoms with Crippen LogP contribution in [0.3, 0.4) is 0 Å². The van der Waals surface area contributed by atoms with Crippen molar-refractivity contribution in [2.24, 2.45) is 5.92 Å². The number of ketones is 1. The fourth-order valence-corrected chi connectivity index (χ4v) is 2.56. The molecule has 0 aromatic heterocycles. The van der Waals surface area contributed by atoms with Gasteiger partial charge in [-0.3, -0.25) is 9.59 Å². The van der Waals surface area contributed by atoms with Gasteiger partial charge in [-0.1, -0.05) is 18.2 Å². The zero-order valence-electron chi connectivity index (χ0n) is 13.1. The van der Waals surface area contributed by atoms with Crippen LogP contribution < -0.4 is 10.1 Å². The van der Waals surface area contributed by atoms with E-state index in [1.54, 1.807) is 12.1 Å². The lowest BCUT2D eigenvalue weighted by Crippen LogP contribution is -2.31. The molecule has 0 aliphatic heterocycles. The number of ether oxygens (including phenoxy) is 1. The Balaban J connectivity index is 2.02. The number of carbonyl (C=O) groups excluding carboxylic acids is 2. The first-order valence-electron chi connectivity index (χ1n) is 7.74. The molecule has 1 aliphatic rings. The summed E-state index contributed by atoms with van der Waals surface area (Å²) in [4.78, 5) is 23.3. The van der Waals surface area contributed by atoms with E-state index in [1.807, 2.05) is 24.3 Å². The molecule has 0 unspecified atom stereocenters. The Morgan fingerprint density at radius 2 is 2.13 bits per heavy atom. The summed E-state index contributed by atoms with van der Waals surface area (Å²) in [7, 11) is 1.40. The molecular formula is C18H20N2O3. The Hall–Kier alpha value is -2.61. The summed E-state index contributed by atoms with van der Waals surface area (Å²) in [5.41, 5.74) is 0.794. The maximum Gasteiger partial charge on any atom is 0.245 e. The van der Waals surface area contributed by atoms with Crippen LogP contribution in [0.25, 0.3) is 6.08 Å². The molecule has 120 valence electrons. The smallest absolute Gasteiger partial charge is 0.245 e. The minimum Gasteiger partial charge on any atom is -0.490 e. The van der Waals surface area contributed by atoms with E-state index in [1.165, 1.54) is 26.0 Å². The summed E-state index contributed by atoms with van der Waals surface area (Å²) in [6.45, 7) is 0. The molecular weight excluding hydrogens is 292 g/mol. The molecule has 1 fully saturated rings. The van der Waals surface area contributed by atoms with Gasteiger partial charge in [0.1, 0.15) is 5.75 Å². The molecule has 0 spiro atoms. The number of nitriles is 1. The highest BCUT2D eigenvalue weighted by atomic mass is 16.5. The van der Waals surface area contributed by atoms with Gasteiger partial charge in [-0.25, -0.2) is 0 Å². The van der Waals surface area contributed by atoms with Crippen molar-refractivity contribution in [1.82, 2.24) is 5.32 Å². The fraction of sp³-hybridized carbons (Fsp3) is 0.389. The van der Waals surface area contributed by atoms with Gasteiger partial charge in [0.2, 0.25) is 5.91 Å². The van der Waals surface area contributed by atoms with Crippen LogP contribution in [0.2, 0.25) is 0 Å². The summed E-state index contributed by atoms with van der Waals surface area (Å²) < 4.78 is 5.91. The SMILES string of the molecule is CNC(=O)[C@H](C#N)C(=O)/C=C\c1cccc(OC2CCCC2)c1. The Kier molecular flexibility index (Phi) is 5.93. The van der Waals surface area contributed by atoms with Gasteiger partial charge < -0.3 is 10.1 Å². The summed E-state index contributed by atoms with van der Waals surface area (Å²) in [6, 6.07) is 9.15. The highest BCUT2D eigenvalue weighted by Gasteiger charge is 2.23. The first kappa shape index (κ1) is 16.8. The number of hydrogen-bond acceptors (Lipinski definition) is 4. The number of rotatable bonds is 6. The van der Waals surface area contributed by atoms with Gasteiger partial charge in [0.15, 0.2) is 11.7 Å². The third kappa shape index (κ3) is 4.68. The minimum absolute atomic E-state index is 0.270. The predicted octanol–water partition coefficient (Wildman–Crippen LogP) is 2.48. The van der Waals surface area contributed by atoms with Gasteiger partial charge in [-0.05, 0) is 49.5 Å². The van der Waals surface area contributed by atoms with Gasteiger partial charge in [0.25, 0.3) is 0 Å². The molecule has 0 radical (unpaired) electrons. The maximum absolute atomic E-state index is 11.9. The molecule has 2 rings (SSSR count). The van der Waals surface area contributed by atoms with Crippen LogP contribution in [-0.4, -0.2) is 24.8 Å². The molecule has 0 saturated heterocycles. The summed E-state index contributed by atoms with van der Waals surface area (Å²) in [5.74, 6) is -1.67. The Morgan fingerprint density at radius 1 is 1.39 bits per heavy atom. The topological polar surface area (TPSA) is 79.2 Å². The Morgan fingerprint density at radius 3 is 2.78 bits per heavy atom. The average molecular weight is 312 g/mol. The monoisotopic (exact) mass is 312 g/mol. The van der Waals surface area contributed by atoms with E-state index in [4.69, 9.17) is 10.00 Å². The van der Waals surface area contributed by atoms with E-state index in [-0.39, 0.29) is 6.10 Å². The number of amides is 1. The highest BCUT2D eigenvalue weighted by Crippen LogP contribution is 2.24. The van der Waals surface area contributed by atoms with Gasteiger partial charge in [-0.15, -0.1) is 0 Å². The van der Waals surface area contributed by atoms with Gasteiger partial charge in [0, 0.05) is 7.05 Å². The van der Waals surface area contributed by atoms with Crippen molar-refractivity contribution in [1.29, 1.82) is 5.26 Å². The number of allylic oxidation sites excluding steroid dienone is 1. The fourth-order valence-electron chi connectivity index (χ4n) is 2.56. The second-order valence-corrected chi connectivity index (χ2v) is 5.51. The molecule has 23 heavy (non-hydrogen) atoms. The first-order chi connectivity index (χ1) is 11.1. The third-order valence-electron chi connectivity index (χ3n) is 3.83. The van der Waals surface area contributed by atoms with E-state index in [9.17, 15) is 9.59 Å². The Labute approximate surface area is 135 Å². The Bertz CT molecular complexity index is 640. The minimum atomic E-state index is -1.31. The van der Waals surface area contributed by atoms with Crippen molar-refractivity contribution < 1.29 is 14.3 Å². The third-order valence-corrected chi connectivity index (χ3v) is 3.83. The highest BCUT2D eigenvalue weighted by molar-refractivity contribution is 6.10. The normalized spacial score (nSPS) is 16.0. The van der Waals surface area contributed by atoms with Crippen LogP contribution in [0.15, 0.2) is 30.3 Å². The summed E-state index contributed by atoms with van der Waals surface area (Å²) in [6.07, 6.45) is 7.69. The number of carbonyl (C=O) groups is 2. The van der Waals surface area contributed by atoms with E-state index in [2.05, 4.69) is 5.32 Å². The van der Waals surface area contributed by atoms with Gasteiger partial charge in [0.05, 0.1) is 12.2 Å². The molecule has 0 heterocycles. The molecule has 1 aliphatic carbocycles. The standard InChI is InChI=1S/C18H20N2O3/c1-20-18(22)16(12-19)17(21)10-9-13-5-4-8-15(11-13)23-14-6-2-3-7-14/h4-5,8-11,14,16H,2-3,6-7H2,1H3,(H,20,22)/b10-9-/t16-/m1/s1. The number of benzene rings is 1. The number of hydrogen-bond donors (Lipinski definition) is 1. The van der Waals surface area contributed by atoms with Gasteiger partial charge in [-0.2, -0.15) is 5.26 Å². The van der Waals surface area contributed by atoms with Crippen molar-refractivity contribution in [2.75, 3.05) is 7.05 Å². The second kappa shape index (κ2) is 8.14. The van der Waals surface area contributed by atoms with Gasteiger partial charge >= 0.3 is 0 Å². The second-order valence-electron chi connectivity index (χ2n) is 5.51. The molecule has 1 N–H and O–H groups in total. The van der Waals surface area contributed by atoms with Crippen molar-refractivity contribution in [3.05, 3.63) is 35.9 Å². The van der Waals surface area contributed by atoms with Crippen molar-refractivity contribution in [2.45, 2.75) is 31.8 Å². The predicted molar refractivity (Wildman–Crippen MR) is 86.5 cm³/mol. The maximum atomic E-state index is 11.9. The number of nitrogens with zero attached hydrogens (tertiary/aromatic N) is 1. The molecule has 1 aromatic carbocycles. The zero-order valence-corrected chi connectivity index (χ0v) is 13.1. The van der Waals surface area contributed by atoms with Crippen LogP contribution in [0, 0.1) is 17.2 Å². The lowest BCUT2D eigenvalue weighted by molar-refractivity contribution is -0.129. The first-order valence-corrected chi connectivity index (χ1v) is 7.74. The summed E-state index contributed by atoms with van der Waals surface area (Å²) >= 11 is 0. The quantitative estimate of drug-likeness (QED) is 0.646. The lowest BCUT2D eigenvalue weighted by Gasteiger charge is -2.13. The van der Waals surface area contributed by atoms with Crippen LogP contribution in [0.1, 0.15) is 31.2 Å². The van der Waals surface area contributed by atoms with Crippen molar-refractivity contribution >= 4 is 17.8 Å². The average Bonchev–Trinajstić information content (AvgIpc) is 3.06. The molecule has 5 nitrogen and oxygen atoms in total. The zero-order chi connectivity index (χ0) is 16.7. The van der Waals surface area contributed by atoms with E-state index in [0.717, 1.165) is 24.2 Å². The molecule has 5 heteroatoms.